The van der Waals surface area contributed by atoms with Crippen LogP contribution in [0.5, 0.6) is 5.75 Å². The first-order valence-corrected chi connectivity index (χ1v) is 10.2. The molecule has 0 aliphatic heterocycles. The van der Waals surface area contributed by atoms with Gasteiger partial charge in [-0.2, -0.15) is 0 Å². The van der Waals surface area contributed by atoms with Crippen LogP contribution in [0, 0.1) is 0 Å². The number of Topliss-reactive ketones (excluding diaryl/α,β-unsaturated/α-hetero) is 1. The van der Waals surface area contributed by atoms with Gasteiger partial charge in [-0.1, -0.05) is 56.3 Å². The van der Waals surface area contributed by atoms with E-state index in [1.54, 1.807) is 13.3 Å². The summed E-state index contributed by atoms with van der Waals surface area (Å²) in [6, 6.07) is 16.3. The second kappa shape index (κ2) is 9.97. The summed E-state index contributed by atoms with van der Waals surface area (Å²) in [6.45, 7) is 4.22. The van der Waals surface area contributed by atoms with Gasteiger partial charge in [-0.05, 0) is 30.4 Å². The van der Waals surface area contributed by atoms with E-state index in [2.05, 4.69) is 36.2 Å². The van der Waals surface area contributed by atoms with Crippen molar-refractivity contribution in [1.29, 1.82) is 0 Å². The highest BCUT2D eigenvalue weighted by Crippen LogP contribution is 2.27. The second-order valence-electron chi connectivity index (χ2n) is 7.40. The quantitative estimate of drug-likeness (QED) is 0.492. The van der Waals surface area contributed by atoms with Crippen LogP contribution in [0.15, 0.2) is 60.9 Å². The highest BCUT2D eigenvalue weighted by molar-refractivity contribution is 5.81. The summed E-state index contributed by atoms with van der Waals surface area (Å²) in [4.78, 5) is 21.2. The molecule has 0 N–H and O–H groups in total. The number of hydrogen-bond donors (Lipinski definition) is 0. The number of methoxy groups -OCH3 is 1. The van der Waals surface area contributed by atoms with Crippen LogP contribution < -0.4 is 4.74 Å². The fourth-order valence-electron chi connectivity index (χ4n) is 3.49. The largest absolute Gasteiger partial charge is 0.496 e. The van der Waals surface area contributed by atoms with Crippen LogP contribution in [-0.4, -0.2) is 22.9 Å². The van der Waals surface area contributed by atoms with Gasteiger partial charge < -0.3 is 4.74 Å². The average Bonchev–Trinajstić information content (AvgIpc) is 2.75. The van der Waals surface area contributed by atoms with Gasteiger partial charge in [0.1, 0.15) is 11.5 Å². The molecule has 0 fully saturated rings. The number of aromatic nitrogens is 2. The zero-order chi connectivity index (χ0) is 20.6. The van der Waals surface area contributed by atoms with Crippen LogP contribution in [0.1, 0.15) is 49.4 Å². The molecule has 3 aromatic rings. The molecular formula is C25H28N2O2. The Labute approximate surface area is 173 Å². The van der Waals surface area contributed by atoms with Crippen LogP contribution in [-0.2, 0) is 17.6 Å². The van der Waals surface area contributed by atoms with Gasteiger partial charge in [0.25, 0.3) is 0 Å². The Morgan fingerprint density at radius 2 is 1.90 bits per heavy atom. The van der Waals surface area contributed by atoms with E-state index in [0.717, 1.165) is 41.1 Å². The predicted molar refractivity (Wildman–Crippen MR) is 116 cm³/mol. The SMILES string of the molecule is CCCC(=O)Cc1ccc(-c2cncc(C[C@@H](C)c3ccccc3)n2)cc1OC. The lowest BCUT2D eigenvalue weighted by atomic mass is 9.96. The lowest BCUT2D eigenvalue weighted by Gasteiger charge is -2.13. The first-order valence-electron chi connectivity index (χ1n) is 10.2. The fourth-order valence-corrected chi connectivity index (χ4v) is 3.49. The Hall–Kier alpha value is -3.01. The Kier molecular flexibility index (Phi) is 7.12. The first-order chi connectivity index (χ1) is 14.1. The zero-order valence-electron chi connectivity index (χ0n) is 17.4. The van der Waals surface area contributed by atoms with Gasteiger partial charge in [0.2, 0.25) is 0 Å². The number of carbonyl (C=O) groups is 1. The molecule has 0 unspecified atom stereocenters. The smallest absolute Gasteiger partial charge is 0.137 e. The Bertz CT molecular complexity index is 954. The molecule has 0 spiro atoms. The van der Waals surface area contributed by atoms with E-state index in [1.165, 1.54) is 5.56 Å². The summed E-state index contributed by atoms with van der Waals surface area (Å²) in [6.07, 6.45) is 6.29. The maximum absolute atomic E-state index is 12.0. The van der Waals surface area contributed by atoms with Crippen molar-refractivity contribution in [1.82, 2.24) is 9.97 Å². The molecule has 0 saturated carbocycles. The molecule has 3 rings (SSSR count). The Balaban J connectivity index is 1.80. The van der Waals surface area contributed by atoms with E-state index in [-0.39, 0.29) is 5.78 Å². The number of ketones is 1. The van der Waals surface area contributed by atoms with E-state index in [0.29, 0.717) is 18.8 Å². The normalized spacial score (nSPS) is 11.8. The van der Waals surface area contributed by atoms with Crippen molar-refractivity contribution >= 4 is 5.78 Å². The maximum atomic E-state index is 12.0. The van der Waals surface area contributed by atoms with E-state index in [4.69, 9.17) is 9.72 Å². The van der Waals surface area contributed by atoms with Gasteiger partial charge in [0, 0.05) is 30.2 Å². The molecule has 1 atom stereocenters. The summed E-state index contributed by atoms with van der Waals surface area (Å²) in [5.41, 5.74) is 4.92. The fraction of sp³-hybridized carbons (Fsp3) is 0.320. The number of benzene rings is 2. The third-order valence-electron chi connectivity index (χ3n) is 5.07. The van der Waals surface area contributed by atoms with Gasteiger partial charge in [0.05, 0.1) is 24.7 Å². The van der Waals surface area contributed by atoms with Crippen LogP contribution in [0.2, 0.25) is 0 Å². The van der Waals surface area contributed by atoms with Gasteiger partial charge >= 0.3 is 0 Å². The first kappa shape index (κ1) is 20.7. The molecule has 150 valence electrons. The molecule has 0 amide bonds. The molecule has 1 heterocycles. The number of ether oxygens (including phenoxy) is 1. The summed E-state index contributed by atoms with van der Waals surface area (Å²) < 4.78 is 5.54. The van der Waals surface area contributed by atoms with Gasteiger partial charge in [-0.3, -0.25) is 9.78 Å². The highest BCUT2D eigenvalue weighted by atomic mass is 16.5. The van der Waals surface area contributed by atoms with E-state index in [1.807, 2.05) is 37.4 Å². The number of carbonyl (C=O) groups excluding carboxylic acids is 1. The number of hydrogen-bond acceptors (Lipinski definition) is 4. The summed E-state index contributed by atoms with van der Waals surface area (Å²) in [7, 11) is 1.64. The summed E-state index contributed by atoms with van der Waals surface area (Å²) in [5, 5.41) is 0. The van der Waals surface area contributed by atoms with Crippen molar-refractivity contribution in [2.75, 3.05) is 7.11 Å². The average molecular weight is 389 g/mol. The standard InChI is InChI=1S/C25H28N2O2/c1-4-8-23(28)14-21-12-11-20(15-25(21)29-3)24-17-26-16-22(27-24)13-18(2)19-9-6-5-7-10-19/h5-7,9-12,15-18H,4,8,13-14H2,1-3H3/t18-/m1/s1. The van der Waals surface area contributed by atoms with Crippen LogP contribution >= 0.6 is 0 Å². The van der Waals surface area contributed by atoms with Crippen molar-refractivity contribution in [2.24, 2.45) is 0 Å². The minimum absolute atomic E-state index is 0.232. The Morgan fingerprint density at radius 3 is 2.62 bits per heavy atom. The lowest BCUT2D eigenvalue weighted by molar-refractivity contribution is -0.118. The molecule has 0 saturated heterocycles. The van der Waals surface area contributed by atoms with Crippen LogP contribution in [0.4, 0.5) is 0 Å². The predicted octanol–water partition coefficient (Wildman–Crippen LogP) is 5.41. The van der Waals surface area contributed by atoms with Gasteiger partial charge in [0.15, 0.2) is 0 Å². The summed E-state index contributed by atoms with van der Waals surface area (Å²) in [5.74, 6) is 1.31. The van der Waals surface area contributed by atoms with Crippen molar-refractivity contribution in [3.8, 4) is 17.0 Å². The second-order valence-corrected chi connectivity index (χ2v) is 7.40. The van der Waals surface area contributed by atoms with E-state index < -0.39 is 0 Å². The molecule has 0 radical (unpaired) electrons. The summed E-state index contributed by atoms with van der Waals surface area (Å²) >= 11 is 0. The maximum Gasteiger partial charge on any atom is 0.137 e. The highest BCUT2D eigenvalue weighted by Gasteiger charge is 2.12. The number of rotatable bonds is 9. The third-order valence-corrected chi connectivity index (χ3v) is 5.07. The molecule has 4 nitrogen and oxygen atoms in total. The van der Waals surface area contributed by atoms with Crippen molar-refractivity contribution in [3.05, 3.63) is 77.7 Å². The van der Waals surface area contributed by atoms with E-state index in [9.17, 15) is 4.79 Å². The molecule has 0 aliphatic rings. The Morgan fingerprint density at radius 1 is 1.10 bits per heavy atom. The third kappa shape index (κ3) is 5.50. The minimum Gasteiger partial charge on any atom is -0.496 e. The molecule has 0 aliphatic carbocycles. The molecule has 0 bridgehead atoms. The van der Waals surface area contributed by atoms with Crippen molar-refractivity contribution < 1.29 is 9.53 Å². The molecular weight excluding hydrogens is 360 g/mol. The van der Waals surface area contributed by atoms with E-state index >= 15 is 0 Å². The zero-order valence-corrected chi connectivity index (χ0v) is 17.4. The van der Waals surface area contributed by atoms with Gasteiger partial charge in [-0.15, -0.1) is 0 Å². The molecule has 1 aromatic heterocycles. The number of nitrogens with zero attached hydrogens (tertiary/aromatic N) is 2. The monoisotopic (exact) mass is 388 g/mol. The van der Waals surface area contributed by atoms with Crippen LogP contribution in [0.3, 0.4) is 0 Å². The molecule has 2 aromatic carbocycles. The van der Waals surface area contributed by atoms with Crippen molar-refractivity contribution in [3.63, 3.8) is 0 Å². The van der Waals surface area contributed by atoms with Gasteiger partial charge in [-0.25, -0.2) is 4.98 Å². The lowest BCUT2D eigenvalue weighted by Crippen LogP contribution is -2.04. The molecule has 29 heavy (non-hydrogen) atoms. The molecule has 4 heteroatoms. The topological polar surface area (TPSA) is 52.1 Å². The minimum atomic E-state index is 0.232. The van der Waals surface area contributed by atoms with Crippen molar-refractivity contribution in [2.45, 2.75) is 45.4 Å². The van der Waals surface area contributed by atoms with Crippen LogP contribution in [0.25, 0.3) is 11.3 Å².